The van der Waals surface area contributed by atoms with E-state index in [4.69, 9.17) is 0 Å². The number of unbranched alkanes of at least 4 members (excludes halogenated alkanes) is 5. The SMILES string of the molecule is CCCCCCCCc1ccc(-c2ccc3c(c2)sc2c4ccccc4sc32)cc1. The van der Waals surface area contributed by atoms with Crippen LogP contribution in [-0.4, -0.2) is 0 Å². The van der Waals surface area contributed by atoms with Crippen molar-refractivity contribution in [1.82, 2.24) is 0 Å². The topological polar surface area (TPSA) is 0 Å². The fraction of sp³-hybridized carbons (Fsp3) is 0.286. The number of thiophene rings is 2. The summed E-state index contributed by atoms with van der Waals surface area (Å²) in [7, 11) is 0. The maximum absolute atomic E-state index is 2.38. The monoisotopic (exact) mass is 428 g/mol. The molecule has 0 amide bonds. The molecule has 0 saturated carbocycles. The molecule has 152 valence electrons. The number of aryl methyl sites for hydroxylation is 1. The molecule has 2 aromatic heterocycles. The van der Waals surface area contributed by atoms with Gasteiger partial charge in [-0.3, -0.25) is 0 Å². The Morgan fingerprint density at radius 2 is 1.27 bits per heavy atom. The molecule has 0 aliphatic rings. The summed E-state index contributed by atoms with van der Waals surface area (Å²) in [5, 5.41) is 2.80. The summed E-state index contributed by atoms with van der Waals surface area (Å²) in [6.45, 7) is 2.28. The maximum Gasteiger partial charge on any atom is 0.0542 e. The first-order valence-electron chi connectivity index (χ1n) is 11.3. The fourth-order valence-electron chi connectivity index (χ4n) is 4.36. The van der Waals surface area contributed by atoms with Gasteiger partial charge >= 0.3 is 0 Å². The van der Waals surface area contributed by atoms with E-state index in [0.717, 1.165) is 0 Å². The molecule has 0 spiro atoms. The molecule has 2 heterocycles. The van der Waals surface area contributed by atoms with E-state index in [1.165, 1.54) is 91.2 Å². The smallest absolute Gasteiger partial charge is 0.0542 e. The fourth-order valence-corrected chi connectivity index (χ4v) is 7.05. The van der Waals surface area contributed by atoms with Crippen molar-refractivity contribution >= 4 is 52.2 Å². The van der Waals surface area contributed by atoms with Crippen LogP contribution < -0.4 is 0 Å². The van der Waals surface area contributed by atoms with Crippen molar-refractivity contribution in [2.24, 2.45) is 0 Å². The average Bonchev–Trinajstić information content (AvgIpc) is 3.32. The zero-order valence-corrected chi connectivity index (χ0v) is 19.3. The lowest BCUT2D eigenvalue weighted by molar-refractivity contribution is 0.607. The maximum atomic E-state index is 2.38. The Balaban J connectivity index is 1.33. The van der Waals surface area contributed by atoms with E-state index in [9.17, 15) is 0 Å². The minimum absolute atomic E-state index is 1.21. The van der Waals surface area contributed by atoms with Gasteiger partial charge in [0.1, 0.15) is 0 Å². The van der Waals surface area contributed by atoms with Crippen LogP contribution in [0.5, 0.6) is 0 Å². The first kappa shape index (κ1) is 19.8. The number of benzene rings is 3. The highest BCUT2D eigenvalue weighted by molar-refractivity contribution is 7.36. The summed E-state index contributed by atoms with van der Waals surface area (Å²) in [4.78, 5) is 0. The van der Waals surface area contributed by atoms with E-state index < -0.39 is 0 Å². The molecule has 0 unspecified atom stereocenters. The van der Waals surface area contributed by atoms with Gasteiger partial charge in [0, 0.05) is 20.2 Å². The van der Waals surface area contributed by atoms with Crippen LogP contribution in [0.25, 0.3) is 40.7 Å². The van der Waals surface area contributed by atoms with Gasteiger partial charge in [0.25, 0.3) is 0 Å². The van der Waals surface area contributed by atoms with Crippen molar-refractivity contribution in [2.45, 2.75) is 51.9 Å². The van der Waals surface area contributed by atoms with Crippen LogP contribution in [0, 0.1) is 0 Å². The first-order chi connectivity index (χ1) is 14.8. The minimum atomic E-state index is 1.21. The molecule has 0 aliphatic carbocycles. The van der Waals surface area contributed by atoms with Gasteiger partial charge < -0.3 is 0 Å². The van der Waals surface area contributed by atoms with Gasteiger partial charge in [0.05, 0.1) is 9.40 Å². The van der Waals surface area contributed by atoms with Gasteiger partial charge in [-0.2, -0.15) is 0 Å². The zero-order chi connectivity index (χ0) is 20.3. The Morgan fingerprint density at radius 3 is 2.10 bits per heavy atom. The number of hydrogen-bond donors (Lipinski definition) is 0. The van der Waals surface area contributed by atoms with Crippen LogP contribution in [0.15, 0.2) is 66.7 Å². The third-order valence-corrected chi connectivity index (χ3v) is 8.61. The number of hydrogen-bond acceptors (Lipinski definition) is 2. The molecule has 30 heavy (non-hydrogen) atoms. The Bertz CT molecular complexity index is 1270. The second kappa shape index (κ2) is 8.91. The quantitative estimate of drug-likeness (QED) is 0.216. The normalized spacial score (nSPS) is 11.8. The third kappa shape index (κ3) is 3.91. The van der Waals surface area contributed by atoms with Crippen molar-refractivity contribution in [3.8, 4) is 11.1 Å². The van der Waals surface area contributed by atoms with E-state index in [1.54, 1.807) is 0 Å². The van der Waals surface area contributed by atoms with Gasteiger partial charge in [0.2, 0.25) is 0 Å². The molecule has 0 saturated heterocycles. The molecule has 0 aliphatic heterocycles. The second-order valence-corrected chi connectivity index (χ2v) is 10.4. The molecule has 0 bridgehead atoms. The molecule has 5 rings (SSSR count). The van der Waals surface area contributed by atoms with Crippen LogP contribution in [0.2, 0.25) is 0 Å². The standard InChI is InChI=1S/C28H28S2/c1-2-3-4-5-6-7-10-20-13-15-21(16-14-20)22-17-18-24-26(19-22)30-27-23-11-8-9-12-25(23)29-28(24)27/h8-9,11-19H,2-7,10H2,1H3. The Morgan fingerprint density at radius 1 is 0.600 bits per heavy atom. The number of fused-ring (bicyclic) bond motifs is 5. The van der Waals surface area contributed by atoms with E-state index in [-0.39, 0.29) is 0 Å². The average molecular weight is 429 g/mol. The van der Waals surface area contributed by atoms with Gasteiger partial charge in [-0.25, -0.2) is 0 Å². The van der Waals surface area contributed by atoms with Gasteiger partial charge in [-0.15, -0.1) is 22.7 Å². The summed E-state index contributed by atoms with van der Waals surface area (Å²) in [5.74, 6) is 0. The summed E-state index contributed by atoms with van der Waals surface area (Å²) >= 11 is 3.86. The molecule has 3 aromatic carbocycles. The number of rotatable bonds is 8. The summed E-state index contributed by atoms with van der Waals surface area (Å²) in [6, 6.07) is 25.0. The molecule has 0 nitrogen and oxygen atoms in total. The molecule has 0 N–H and O–H groups in total. The first-order valence-corrected chi connectivity index (χ1v) is 12.9. The highest BCUT2D eigenvalue weighted by atomic mass is 32.1. The van der Waals surface area contributed by atoms with Crippen LogP contribution in [0.3, 0.4) is 0 Å². The molecule has 0 radical (unpaired) electrons. The van der Waals surface area contributed by atoms with Crippen LogP contribution in [0.4, 0.5) is 0 Å². The molecule has 5 aromatic rings. The predicted molar refractivity (Wildman–Crippen MR) is 137 cm³/mol. The van der Waals surface area contributed by atoms with Crippen LogP contribution in [-0.2, 0) is 6.42 Å². The lowest BCUT2D eigenvalue weighted by Gasteiger charge is -2.05. The lowest BCUT2D eigenvalue weighted by atomic mass is 10.0. The summed E-state index contributed by atoms with van der Waals surface area (Å²) in [6.07, 6.45) is 9.38. The highest BCUT2D eigenvalue weighted by Crippen LogP contribution is 2.44. The predicted octanol–water partition coefficient (Wildman–Crippen LogP) is 9.84. The van der Waals surface area contributed by atoms with E-state index in [2.05, 4.69) is 73.7 Å². The van der Waals surface area contributed by atoms with Crippen molar-refractivity contribution in [1.29, 1.82) is 0 Å². The van der Waals surface area contributed by atoms with E-state index >= 15 is 0 Å². The molecular weight excluding hydrogens is 400 g/mol. The Kier molecular flexibility index (Phi) is 5.88. The second-order valence-electron chi connectivity index (χ2n) is 8.28. The largest absolute Gasteiger partial charge is 0.134 e. The van der Waals surface area contributed by atoms with Gasteiger partial charge in [-0.05, 0) is 41.7 Å². The van der Waals surface area contributed by atoms with Crippen molar-refractivity contribution < 1.29 is 0 Å². The van der Waals surface area contributed by atoms with E-state index in [0.29, 0.717) is 0 Å². The van der Waals surface area contributed by atoms with Gasteiger partial charge in [0.15, 0.2) is 0 Å². The lowest BCUT2D eigenvalue weighted by Crippen LogP contribution is -1.87. The Labute approximate surface area is 187 Å². The van der Waals surface area contributed by atoms with Crippen molar-refractivity contribution in [3.63, 3.8) is 0 Å². The van der Waals surface area contributed by atoms with E-state index in [1.807, 2.05) is 22.7 Å². The molecule has 2 heteroatoms. The third-order valence-electron chi connectivity index (χ3n) is 6.09. The summed E-state index contributed by atoms with van der Waals surface area (Å²) in [5.41, 5.74) is 4.12. The molecule has 0 atom stereocenters. The molecular formula is C28H28S2. The van der Waals surface area contributed by atoms with Gasteiger partial charge in [-0.1, -0.05) is 93.6 Å². The molecule has 0 fully saturated rings. The Hall–Kier alpha value is -2.16. The zero-order valence-electron chi connectivity index (χ0n) is 17.6. The van der Waals surface area contributed by atoms with Crippen LogP contribution in [0.1, 0.15) is 51.0 Å². The van der Waals surface area contributed by atoms with Crippen molar-refractivity contribution in [2.75, 3.05) is 0 Å². The minimum Gasteiger partial charge on any atom is -0.134 e. The van der Waals surface area contributed by atoms with Crippen molar-refractivity contribution in [3.05, 3.63) is 72.3 Å². The van der Waals surface area contributed by atoms with Crippen LogP contribution >= 0.6 is 22.7 Å². The summed E-state index contributed by atoms with van der Waals surface area (Å²) < 4.78 is 5.68. The highest BCUT2D eigenvalue weighted by Gasteiger charge is 2.12.